The zero-order chi connectivity index (χ0) is 15.4. The normalized spacial score (nSPS) is 10.5. The van der Waals surface area contributed by atoms with Gasteiger partial charge in [0.15, 0.2) is 0 Å². The number of hydrogen-bond donors (Lipinski definition) is 0. The molecule has 5 nitrogen and oxygen atoms in total. The first-order chi connectivity index (χ1) is 10.0. The van der Waals surface area contributed by atoms with Crippen LogP contribution in [0, 0.1) is 13.8 Å². The van der Waals surface area contributed by atoms with E-state index in [9.17, 15) is 4.79 Å². The maximum atomic E-state index is 11.9. The molecule has 0 unspecified atom stereocenters. The predicted molar refractivity (Wildman–Crippen MR) is 79.4 cm³/mol. The number of carbonyl (C=O) groups is 1. The summed E-state index contributed by atoms with van der Waals surface area (Å²) in [6, 6.07) is 5.99. The number of rotatable bonds is 5. The highest BCUT2D eigenvalue weighted by atomic mass is 16.5. The second kappa shape index (κ2) is 6.43. The molecule has 21 heavy (non-hydrogen) atoms. The summed E-state index contributed by atoms with van der Waals surface area (Å²) < 4.78 is 12.5. The first-order valence-corrected chi connectivity index (χ1v) is 6.91. The topological polar surface area (TPSA) is 53.3 Å². The van der Waals surface area contributed by atoms with Gasteiger partial charge in [0.1, 0.15) is 17.9 Å². The molecule has 0 amide bonds. The summed E-state index contributed by atoms with van der Waals surface area (Å²) in [4.78, 5) is 11.9. The van der Waals surface area contributed by atoms with Gasteiger partial charge in [0.25, 0.3) is 0 Å². The van der Waals surface area contributed by atoms with E-state index in [2.05, 4.69) is 11.2 Å². The van der Waals surface area contributed by atoms with E-state index in [0.717, 1.165) is 11.3 Å². The van der Waals surface area contributed by atoms with Crippen molar-refractivity contribution in [1.29, 1.82) is 0 Å². The molecule has 5 heteroatoms. The van der Waals surface area contributed by atoms with Gasteiger partial charge < -0.3 is 9.47 Å². The molecule has 0 fully saturated rings. The standard InChI is InChI=1S/C16H20N2O3/c1-5-20-16(19)13-9-17-18(4)14(13)10-21-15-7-6-11(2)8-12(15)3/h6-9H,5,10H2,1-4H3. The van der Waals surface area contributed by atoms with Crippen molar-refractivity contribution in [2.45, 2.75) is 27.4 Å². The molecule has 0 aliphatic carbocycles. The second-order valence-electron chi connectivity index (χ2n) is 4.91. The van der Waals surface area contributed by atoms with E-state index in [4.69, 9.17) is 9.47 Å². The molecule has 0 atom stereocenters. The first-order valence-electron chi connectivity index (χ1n) is 6.91. The quantitative estimate of drug-likeness (QED) is 0.794. The molecule has 112 valence electrons. The minimum atomic E-state index is -0.371. The number of ether oxygens (including phenoxy) is 2. The van der Waals surface area contributed by atoms with E-state index in [1.807, 2.05) is 26.0 Å². The van der Waals surface area contributed by atoms with E-state index in [1.165, 1.54) is 11.8 Å². The maximum Gasteiger partial charge on any atom is 0.341 e. The molecule has 1 aromatic heterocycles. The average molecular weight is 288 g/mol. The highest BCUT2D eigenvalue weighted by Crippen LogP contribution is 2.21. The van der Waals surface area contributed by atoms with Gasteiger partial charge in [0, 0.05) is 7.05 Å². The number of hydrogen-bond acceptors (Lipinski definition) is 4. The Kier molecular flexibility index (Phi) is 4.62. The molecule has 0 aliphatic heterocycles. The van der Waals surface area contributed by atoms with Crippen LogP contribution >= 0.6 is 0 Å². The van der Waals surface area contributed by atoms with Crippen LogP contribution in [-0.2, 0) is 18.4 Å². The van der Waals surface area contributed by atoms with Crippen molar-refractivity contribution in [2.75, 3.05) is 6.61 Å². The zero-order valence-electron chi connectivity index (χ0n) is 12.8. The molecule has 0 aliphatic rings. The third kappa shape index (κ3) is 3.42. The van der Waals surface area contributed by atoms with Gasteiger partial charge in [0.2, 0.25) is 0 Å². The molecule has 0 saturated carbocycles. The Balaban J connectivity index is 2.16. The minimum Gasteiger partial charge on any atom is -0.487 e. The van der Waals surface area contributed by atoms with Crippen molar-refractivity contribution in [3.8, 4) is 5.75 Å². The van der Waals surface area contributed by atoms with Crippen LogP contribution in [0.2, 0.25) is 0 Å². The fraction of sp³-hybridized carbons (Fsp3) is 0.375. The lowest BCUT2D eigenvalue weighted by Gasteiger charge is -2.11. The molecular formula is C16H20N2O3. The van der Waals surface area contributed by atoms with Crippen molar-refractivity contribution < 1.29 is 14.3 Å². The molecule has 0 N–H and O–H groups in total. The number of esters is 1. The summed E-state index contributed by atoms with van der Waals surface area (Å²) in [5.74, 6) is 0.432. The third-order valence-electron chi connectivity index (χ3n) is 3.25. The Bertz CT molecular complexity index is 647. The van der Waals surface area contributed by atoms with E-state index >= 15 is 0 Å². The van der Waals surface area contributed by atoms with Gasteiger partial charge in [-0.05, 0) is 32.4 Å². The SMILES string of the molecule is CCOC(=O)c1cnn(C)c1COc1ccc(C)cc1C. The molecule has 0 bridgehead atoms. The van der Waals surface area contributed by atoms with Gasteiger partial charge in [-0.1, -0.05) is 17.7 Å². The summed E-state index contributed by atoms with van der Waals surface area (Å²) in [5.41, 5.74) is 3.40. The number of benzene rings is 1. The molecule has 1 heterocycles. The Morgan fingerprint density at radius 3 is 2.76 bits per heavy atom. The minimum absolute atomic E-state index is 0.272. The number of nitrogens with zero attached hydrogens (tertiary/aromatic N) is 2. The van der Waals surface area contributed by atoms with Crippen molar-refractivity contribution in [3.05, 3.63) is 46.8 Å². The average Bonchev–Trinajstić information content (AvgIpc) is 2.79. The number of carbonyl (C=O) groups excluding carboxylic acids is 1. The molecule has 0 radical (unpaired) electrons. The zero-order valence-corrected chi connectivity index (χ0v) is 12.8. The molecule has 0 saturated heterocycles. The number of aromatic nitrogens is 2. The third-order valence-corrected chi connectivity index (χ3v) is 3.25. The van der Waals surface area contributed by atoms with Gasteiger partial charge in [0.05, 0.1) is 18.5 Å². The Morgan fingerprint density at radius 2 is 2.10 bits per heavy atom. The molecule has 0 spiro atoms. The summed E-state index contributed by atoms with van der Waals surface area (Å²) >= 11 is 0. The molecule has 1 aromatic carbocycles. The van der Waals surface area contributed by atoms with Gasteiger partial charge in [-0.25, -0.2) is 4.79 Å². The van der Waals surface area contributed by atoms with Gasteiger partial charge >= 0.3 is 5.97 Å². The Labute approximate surface area is 124 Å². The fourth-order valence-electron chi connectivity index (χ4n) is 2.12. The number of aryl methyl sites for hydroxylation is 3. The van der Waals surface area contributed by atoms with Crippen molar-refractivity contribution in [2.24, 2.45) is 7.05 Å². The first kappa shape index (κ1) is 15.1. The lowest BCUT2D eigenvalue weighted by molar-refractivity contribution is 0.0523. The summed E-state index contributed by atoms with van der Waals surface area (Å²) in [7, 11) is 1.78. The van der Waals surface area contributed by atoms with Crippen LogP contribution in [0.5, 0.6) is 5.75 Å². The smallest absolute Gasteiger partial charge is 0.341 e. The summed E-state index contributed by atoms with van der Waals surface area (Å²) in [6.07, 6.45) is 1.51. The fourth-order valence-corrected chi connectivity index (χ4v) is 2.12. The Hall–Kier alpha value is -2.30. The van der Waals surface area contributed by atoms with Crippen molar-refractivity contribution in [1.82, 2.24) is 9.78 Å². The van der Waals surface area contributed by atoms with Gasteiger partial charge in [-0.3, -0.25) is 4.68 Å². The molecule has 2 rings (SSSR count). The second-order valence-corrected chi connectivity index (χ2v) is 4.91. The highest BCUT2D eigenvalue weighted by molar-refractivity contribution is 5.90. The summed E-state index contributed by atoms with van der Waals surface area (Å²) in [6.45, 7) is 6.42. The predicted octanol–water partition coefficient (Wildman–Crippen LogP) is 2.79. The van der Waals surface area contributed by atoms with Gasteiger partial charge in [-0.2, -0.15) is 5.10 Å². The van der Waals surface area contributed by atoms with Crippen LogP contribution in [0.4, 0.5) is 0 Å². The van der Waals surface area contributed by atoms with Crippen LogP contribution in [0.25, 0.3) is 0 Å². The van der Waals surface area contributed by atoms with E-state index in [0.29, 0.717) is 17.9 Å². The lowest BCUT2D eigenvalue weighted by Crippen LogP contribution is -2.11. The van der Waals surface area contributed by atoms with Crippen LogP contribution in [0.1, 0.15) is 34.1 Å². The van der Waals surface area contributed by atoms with E-state index in [-0.39, 0.29) is 12.6 Å². The molecular weight excluding hydrogens is 268 g/mol. The van der Waals surface area contributed by atoms with Crippen molar-refractivity contribution >= 4 is 5.97 Å². The lowest BCUT2D eigenvalue weighted by atomic mass is 10.1. The van der Waals surface area contributed by atoms with E-state index in [1.54, 1.807) is 18.7 Å². The van der Waals surface area contributed by atoms with Crippen LogP contribution < -0.4 is 4.74 Å². The van der Waals surface area contributed by atoms with Crippen LogP contribution in [-0.4, -0.2) is 22.4 Å². The van der Waals surface area contributed by atoms with E-state index < -0.39 is 0 Å². The summed E-state index contributed by atoms with van der Waals surface area (Å²) in [5, 5.41) is 4.10. The molecule has 2 aromatic rings. The maximum absolute atomic E-state index is 11.9. The van der Waals surface area contributed by atoms with Gasteiger partial charge in [-0.15, -0.1) is 0 Å². The van der Waals surface area contributed by atoms with Crippen LogP contribution in [0.3, 0.4) is 0 Å². The monoisotopic (exact) mass is 288 g/mol. The van der Waals surface area contributed by atoms with Crippen LogP contribution in [0.15, 0.2) is 24.4 Å². The Morgan fingerprint density at radius 1 is 1.33 bits per heavy atom. The largest absolute Gasteiger partial charge is 0.487 e. The highest BCUT2D eigenvalue weighted by Gasteiger charge is 2.17. The van der Waals surface area contributed by atoms with Crippen molar-refractivity contribution in [3.63, 3.8) is 0 Å².